The summed E-state index contributed by atoms with van der Waals surface area (Å²) in [6.07, 6.45) is 9.32. The van der Waals surface area contributed by atoms with Crippen molar-refractivity contribution in [3.8, 4) is 0 Å². The van der Waals surface area contributed by atoms with Crippen molar-refractivity contribution in [2.45, 2.75) is 46.5 Å². The molecule has 0 radical (unpaired) electrons. The zero-order valence-corrected chi connectivity index (χ0v) is 8.77. The van der Waals surface area contributed by atoms with Crippen LogP contribution in [-0.2, 0) is 0 Å². The van der Waals surface area contributed by atoms with Crippen LogP contribution in [0.2, 0.25) is 0 Å². The summed E-state index contributed by atoms with van der Waals surface area (Å²) in [5.41, 5.74) is 1.51. The maximum Gasteiger partial charge on any atom is -0.0236 e. The predicted octanol–water partition coefficient (Wildman–Crippen LogP) is 4.34. The summed E-state index contributed by atoms with van der Waals surface area (Å²) >= 11 is 0. The Morgan fingerprint density at radius 1 is 1.42 bits per heavy atom. The van der Waals surface area contributed by atoms with E-state index < -0.39 is 0 Å². The fraction of sp³-hybridized carbons (Fsp3) is 0.667. The molecule has 12 heavy (non-hydrogen) atoms. The Bertz CT molecular complexity index is 142. The number of hydrogen-bond donors (Lipinski definition) is 0. The van der Waals surface area contributed by atoms with Crippen LogP contribution in [-0.4, -0.2) is 0 Å². The first-order chi connectivity index (χ1) is 5.74. The lowest BCUT2D eigenvalue weighted by Gasteiger charge is -2.06. The van der Waals surface area contributed by atoms with Gasteiger partial charge in [0.05, 0.1) is 0 Å². The average molecular weight is 166 g/mol. The standard InChI is InChI=1S/C12H22/c1-5-11(4)9-8-10-12(6-2)7-3/h6,9,12H,2,5,7-8,10H2,1,3-4H3. The molecule has 0 amide bonds. The second-order valence-corrected chi connectivity index (χ2v) is 3.39. The van der Waals surface area contributed by atoms with Crippen molar-refractivity contribution in [2.75, 3.05) is 0 Å². The second kappa shape index (κ2) is 7.15. The molecule has 0 bridgehead atoms. The van der Waals surface area contributed by atoms with Crippen molar-refractivity contribution in [2.24, 2.45) is 5.92 Å². The molecule has 70 valence electrons. The van der Waals surface area contributed by atoms with E-state index in [4.69, 9.17) is 0 Å². The van der Waals surface area contributed by atoms with Gasteiger partial charge in [-0.05, 0) is 38.5 Å². The lowest BCUT2D eigenvalue weighted by atomic mass is 10.00. The van der Waals surface area contributed by atoms with Crippen molar-refractivity contribution in [1.82, 2.24) is 0 Å². The van der Waals surface area contributed by atoms with E-state index in [1.165, 1.54) is 31.3 Å². The monoisotopic (exact) mass is 166 g/mol. The number of allylic oxidation sites excluding steroid dienone is 3. The molecule has 0 aliphatic carbocycles. The minimum Gasteiger partial charge on any atom is -0.103 e. The molecule has 0 rings (SSSR count). The molecule has 0 heteroatoms. The topological polar surface area (TPSA) is 0 Å². The lowest BCUT2D eigenvalue weighted by Crippen LogP contribution is -1.92. The van der Waals surface area contributed by atoms with Gasteiger partial charge in [0.2, 0.25) is 0 Å². The van der Waals surface area contributed by atoms with Crippen molar-refractivity contribution < 1.29 is 0 Å². The zero-order valence-electron chi connectivity index (χ0n) is 8.77. The average Bonchev–Trinajstić information content (AvgIpc) is 2.12. The summed E-state index contributed by atoms with van der Waals surface area (Å²) in [6, 6.07) is 0. The van der Waals surface area contributed by atoms with Gasteiger partial charge in [0, 0.05) is 0 Å². The fourth-order valence-corrected chi connectivity index (χ4v) is 1.18. The fourth-order valence-electron chi connectivity index (χ4n) is 1.18. The van der Waals surface area contributed by atoms with Crippen LogP contribution >= 0.6 is 0 Å². The van der Waals surface area contributed by atoms with Crippen LogP contribution in [0.1, 0.15) is 46.5 Å². The molecule has 0 spiro atoms. The quantitative estimate of drug-likeness (QED) is 0.515. The first-order valence-corrected chi connectivity index (χ1v) is 5.02. The Morgan fingerprint density at radius 2 is 2.08 bits per heavy atom. The maximum atomic E-state index is 3.83. The predicted molar refractivity (Wildman–Crippen MR) is 57.3 cm³/mol. The minimum atomic E-state index is 0.714. The Kier molecular flexibility index (Phi) is 6.84. The van der Waals surface area contributed by atoms with E-state index in [-0.39, 0.29) is 0 Å². The van der Waals surface area contributed by atoms with Gasteiger partial charge in [-0.15, -0.1) is 6.58 Å². The number of hydrogen-bond acceptors (Lipinski definition) is 0. The Morgan fingerprint density at radius 3 is 2.50 bits per heavy atom. The molecule has 0 nitrogen and oxygen atoms in total. The van der Waals surface area contributed by atoms with Gasteiger partial charge < -0.3 is 0 Å². The highest BCUT2D eigenvalue weighted by atomic mass is 14.0. The van der Waals surface area contributed by atoms with E-state index in [0.717, 1.165) is 0 Å². The van der Waals surface area contributed by atoms with Gasteiger partial charge in [-0.1, -0.05) is 31.6 Å². The highest BCUT2D eigenvalue weighted by Crippen LogP contribution is 2.13. The van der Waals surface area contributed by atoms with Crippen LogP contribution in [0.5, 0.6) is 0 Å². The first-order valence-electron chi connectivity index (χ1n) is 5.02. The van der Waals surface area contributed by atoms with Crippen LogP contribution in [0.3, 0.4) is 0 Å². The molecule has 0 heterocycles. The van der Waals surface area contributed by atoms with Crippen LogP contribution in [0, 0.1) is 5.92 Å². The molecule has 0 aliphatic heterocycles. The lowest BCUT2D eigenvalue weighted by molar-refractivity contribution is 0.579. The van der Waals surface area contributed by atoms with Gasteiger partial charge in [-0.3, -0.25) is 0 Å². The summed E-state index contributed by atoms with van der Waals surface area (Å²) in [4.78, 5) is 0. The molecular formula is C12H22. The summed E-state index contributed by atoms with van der Waals surface area (Å²) in [5, 5.41) is 0. The van der Waals surface area contributed by atoms with Crippen molar-refractivity contribution >= 4 is 0 Å². The number of rotatable bonds is 6. The molecule has 0 saturated carbocycles. The van der Waals surface area contributed by atoms with Gasteiger partial charge >= 0.3 is 0 Å². The maximum absolute atomic E-state index is 3.83. The third-order valence-electron chi connectivity index (χ3n) is 2.45. The summed E-state index contributed by atoms with van der Waals surface area (Å²) in [5.74, 6) is 0.714. The third kappa shape index (κ3) is 5.17. The van der Waals surface area contributed by atoms with E-state index in [1.54, 1.807) is 0 Å². The normalized spacial score (nSPS) is 14.4. The van der Waals surface area contributed by atoms with Crippen LogP contribution < -0.4 is 0 Å². The molecule has 0 fully saturated rings. The van der Waals surface area contributed by atoms with Crippen LogP contribution in [0.4, 0.5) is 0 Å². The van der Waals surface area contributed by atoms with Crippen molar-refractivity contribution in [1.29, 1.82) is 0 Å². The molecule has 0 aromatic carbocycles. The molecule has 0 saturated heterocycles. The minimum absolute atomic E-state index is 0.714. The third-order valence-corrected chi connectivity index (χ3v) is 2.45. The van der Waals surface area contributed by atoms with E-state index in [1.807, 2.05) is 0 Å². The first kappa shape index (κ1) is 11.5. The highest BCUT2D eigenvalue weighted by Gasteiger charge is 1.98. The molecule has 1 atom stereocenters. The largest absolute Gasteiger partial charge is 0.103 e. The summed E-state index contributed by atoms with van der Waals surface area (Å²) < 4.78 is 0. The van der Waals surface area contributed by atoms with Crippen LogP contribution in [0.25, 0.3) is 0 Å². The molecule has 1 unspecified atom stereocenters. The van der Waals surface area contributed by atoms with Gasteiger partial charge in [-0.25, -0.2) is 0 Å². The summed E-state index contributed by atoms with van der Waals surface area (Å²) in [6.45, 7) is 10.5. The zero-order chi connectivity index (χ0) is 9.40. The Labute approximate surface area is 77.4 Å². The summed E-state index contributed by atoms with van der Waals surface area (Å²) in [7, 11) is 0. The highest BCUT2D eigenvalue weighted by molar-refractivity contribution is 4.97. The Hall–Kier alpha value is -0.520. The molecule has 0 N–H and O–H groups in total. The SMILES string of the molecule is C=CC(CC)CCC=C(C)CC. The van der Waals surface area contributed by atoms with E-state index >= 15 is 0 Å². The Balaban J connectivity index is 3.60. The van der Waals surface area contributed by atoms with Crippen LogP contribution in [0.15, 0.2) is 24.3 Å². The second-order valence-electron chi connectivity index (χ2n) is 3.39. The van der Waals surface area contributed by atoms with Gasteiger partial charge in [0.1, 0.15) is 0 Å². The van der Waals surface area contributed by atoms with E-state index in [0.29, 0.717) is 5.92 Å². The smallest absolute Gasteiger partial charge is 0.0236 e. The van der Waals surface area contributed by atoms with E-state index in [9.17, 15) is 0 Å². The molecule has 0 aromatic heterocycles. The van der Waals surface area contributed by atoms with Gasteiger partial charge in [0.25, 0.3) is 0 Å². The molecule has 0 aromatic rings. The molecule has 0 aliphatic rings. The van der Waals surface area contributed by atoms with Gasteiger partial charge in [-0.2, -0.15) is 0 Å². The van der Waals surface area contributed by atoms with Crippen molar-refractivity contribution in [3.05, 3.63) is 24.3 Å². The molecular weight excluding hydrogens is 144 g/mol. The van der Waals surface area contributed by atoms with E-state index in [2.05, 4.69) is 39.5 Å². The van der Waals surface area contributed by atoms with Crippen molar-refractivity contribution in [3.63, 3.8) is 0 Å². The van der Waals surface area contributed by atoms with Gasteiger partial charge in [0.15, 0.2) is 0 Å².